The summed E-state index contributed by atoms with van der Waals surface area (Å²) in [4.78, 5) is 14.2. The third-order valence-electron chi connectivity index (χ3n) is 7.29. The smallest absolute Gasteiger partial charge is 0.169 e. The highest BCUT2D eigenvalue weighted by Gasteiger charge is 2.28. The number of anilines is 5. The first kappa shape index (κ1) is 22.4. The minimum atomic E-state index is 0.793. The average Bonchev–Trinajstić information content (AvgIpc) is 2.97. The Morgan fingerprint density at radius 2 is 1.84 bits per heavy atom. The number of hydrogen-bond donors (Lipinski definition) is 1. The SMILES string of the molecule is COc1c2c(c(N(c3ccccc3)c3cnc4cc5c(cc4c3)NCC=C5)c3cccnc13)C=CCN2C. The number of rotatable bonds is 4. The van der Waals surface area contributed by atoms with E-state index in [1.54, 1.807) is 7.11 Å². The Morgan fingerprint density at radius 3 is 2.71 bits per heavy atom. The highest BCUT2D eigenvalue weighted by molar-refractivity contribution is 6.09. The standard InChI is InChI=1S/C32H27N5O/c1-36-16-8-13-26-30(25-12-7-15-34-29(25)32(38-2)31(26)36)37(23-10-4-3-5-11-23)24-17-22-19-27-21(9-6-14-33-27)18-28(22)35-20-24/h3-13,15,17-20,33H,14,16H2,1-2H3. The van der Waals surface area contributed by atoms with Crippen LogP contribution in [0, 0.1) is 0 Å². The lowest BCUT2D eigenvalue weighted by atomic mass is 9.98. The molecule has 0 unspecified atom stereocenters. The number of nitrogens with zero attached hydrogens (tertiary/aromatic N) is 4. The molecule has 6 heteroatoms. The molecule has 38 heavy (non-hydrogen) atoms. The highest BCUT2D eigenvalue weighted by Crippen LogP contribution is 2.50. The third-order valence-corrected chi connectivity index (χ3v) is 7.29. The van der Waals surface area contributed by atoms with Crippen molar-refractivity contribution in [3.05, 3.63) is 96.3 Å². The summed E-state index contributed by atoms with van der Waals surface area (Å²) in [7, 11) is 3.82. The highest BCUT2D eigenvalue weighted by atomic mass is 16.5. The molecular formula is C32H27N5O. The van der Waals surface area contributed by atoms with Gasteiger partial charge in [-0.05, 0) is 48.0 Å². The van der Waals surface area contributed by atoms with Crippen molar-refractivity contribution in [2.45, 2.75) is 0 Å². The molecule has 5 aromatic rings. The normalized spacial score (nSPS) is 13.8. The first-order valence-corrected chi connectivity index (χ1v) is 12.8. The maximum Gasteiger partial charge on any atom is 0.169 e. The number of para-hydroxylation sites is 1. The monoisotopic (exact) mass is 497 g/mol. The predicted molar refractivity (Wildman–Crippen MR) is 158 cm³/mol. The van der Waals surface area contributed by atoms with E-state index in [0.29, 0.717) is 0 Å². The first-order valence-electron chi connectivity index (χ1n) is 12.8. The van der Waals surface area contributed by atoms with E-state index in [0.717, 1.165) is 74.6 Å². The van der Waals surface area contributed by atoms with Gasteiger partial charge in [-0.15, -0.1) is 0 Å². The summed E-state index contributed by atoms with van der Waals surface area (Å²) in [6, 6.07) is 21.1. The van der Waals surface area contributed by atoms with Gasteiger partial charge in [0.05, 0.1) is 35.9 Å². The van der Waals surface area contributed by atoms with Crippen LogP contribution >= 0.6 is 0 Å². The fourth-order valence-electron chi connectivity index (χ4n) is 5.59. The average molecular weight is 498 g/mol. The van der Waals surface area contributed by atoms with Crippen LogP contribution in [-0.2, 0) is 0 Å². The molecule has 2 aliphatic heterocycles. The van der Waals surface area contributed by atoms with Crippen LogP contribution in [0.4, 0.5) is 28.4 Å². The number of methoxy groups -OCH3 is 1. The summed E-state index contributed by atoms with van der Waals surface area (Å²) >= 11 is 0. The van der Waals surface area contributed by atoms with Crippen LogP contribution in [0.1, 0.15) is 11.1 Å². The molecule has 0 aliphatic carbocycles. The van der Waals surface area contributed by atoms with Crippen LogP contribution in [-0.4, -0.2) is 37.2 Å². The molecule has 186 valence electrons. The lowest BCUT2D eigenvalue weighted by Crippen LogP contribution is -2.23. The summed E-state index contributed by atoms with van der Waals surface area (Å²) in [6.45, 7) is 1.63. The fourth-order valence-corrected chi connectivity index (χ4v) is 5.59. The van der Waals surface area contributed by atoms with E-state index < -0.39 is 0 Å². The summed E-state index contributed by atoms with van der Waals surface area (Å²) < 4.78 is 5.97. The number of likely N-dealkylation sites (N-methyl/N-ethyl adjacent to an activating group) is 1. The van der Waals surface area contributed by atoms with Crippen LogP contribution in [0.25, 0.3) is 34.0 Å². The van der Waals surface area contributed by atoms with Crippen molar-refractivity contribution in [1.82, 2.24) is 9.97 Å². The quantitative estimate of drug-likeness (QED) is 0.284. The molecule has 0 saturated carbocycles. The fraction of sp³-hybridized carbons (Fsp3) is 0.125. The summed E-state index contributed by atoms with van der Waals surface area (Å²) in [5, 5.41) is 5.59. The predicted octanol–water partition coefficient (Wildman–Crippen LogP) is 7.16. The Morgan fingerprint density at radius 1 is 0.947 bits per heavy atom. The first-order chi connectivity index (χ1) is 18.7. The molecule has 7 rings (SSSR count). The van der Waals surface area contributed by atoms with Gasteiger partial charge in [-0.25, -0.2) is 0 Å². The van der Waals surface area contributed by atoms with Crippen LogP contribution in [0.15, 0.2) is 85.2 Å². The van der Waals surface area contributed by atoms with E-state index in [1.807, 2.05) is 24.5 Å². The van der Waals surface area contributed by atoms with Gasteiger partial charge in [-0.3, -0.25) is 9.97 Å². The van der Waals surface area contributed by atoms with Crippen molar-refractivity contribution in [2.24, 2.45) is 0 Å². The van der Waals surface area contributed by atoms with Gasteiger partial charge in [0.25, 0.3) is 0 Å². The Hall–Kier alpha value is -4.84. The van der Waals surface area contributed by atoms with Crippen molar-refractivity contribution >= 4 is 62.4 Å². The number of benzene rings is 3. The number of nitrogens with one attached hydrogen (secondary N) is 1. The minimum absolute atomic E-state index is 0.793. The molecule has 0 saturated heterocycles. The third kappa shape index (κ3) is 3.49. The molecule has 0 amide bonds. The Balaban J connectivity index is 1.55. The van der Waals surface area contributed by atoms with E-state index >= 15 is 0 Å². The van der Waals surface area contributed by atoms with Gasteiger partial charge < -0.3 is 19.9 Å². The maximum absolute atomic E-state index is 5.97. The molecule has 6 nitrogen and oxygen atoms in total. The number of pyridine rings is 2. The van der Waals surface area contributed by atoms with Crippen LogP contribution in [0.5, 0.6) is 5.75 Å². The molecule has 0 bridgehead atoms. The zero-order chi connectivity index (χ0) is 25.6. The van der Waals surface area contributed by atoms with Gasteiger partial charge in [0, 0.05) is 54.0 Å². The molecule has 3 aromatic carbocycles. The number of aromatic nitrogens is 2. The van der Waals surface area contributed by atoms with Crippen molar-refractivity contribution in [3.8, 4) is 5.75 Å². The Labute approximate surface area is 221 Å². The second kappa shape index (κ2) is 8.92. The van der Waals surface area contributed by atoms with E-state index in [1.165, 1.54) is 5.56 Å². The van der Waals surface area contributed by atoms with Gasteiger partial charge in [0.2, 0.25) is 0 Å². The van der Waals surface area contributed by atoms with Crippen LogP contribution in [0.3, 0.4) is 0 Å². The molecule has 1 N–H and O–H groups in total. The van der Waals surface area contributed by atoms with Gasteiger partial charge in [0.1, 0.15) is 5.52 Å². The Kier molecular flexibility index (Phi) is 5.25. The summed E-state index contributed by atoms with van der Waals surface area (Å²) in [6.07, 6.45) is 12.5. The second-order valence-electron chi connectivity index (χ2n) is 9.61. The molecule has 2 aliphatic rings. The molecule has 0 spiro atoms. The number of ether oxygens (including phenoxy) is 1. The van der Waals surface area contributed by atoms with Crippen molar-refractivity contribution in [1.29, 1.82) is 0 Å². The van der Waals surface area contributed by atoms with Crippen molar-refractivity contribution in [3.63, 3.8) is 0 Å². The molecule has 0 atom stereocenters. The molecule has 0 fully saturated rings. The second-order valence-corrected chi connectivity index (χ2v) is 9.61. The summed E-state index contributed by atoms with van der Waals surface area (Å²) in [5.74, 6) is 0.793. The van der Waals surface area contributed by atoms with Crippen LogP contribution in [0.2, 0.25) is 0 Å². The van der Waals surface area contributed by atoms with Gasteiger partial charge in [0.15, 0.2) is 5.75 Å². The number of fused-ring (bicyclic) bond motifs is 4. The van der Waals surface area contributed by atoms with E-state index in [9.17, 15) is 0 Å². The minimum Gasteiger partial charge on any atom is -0.492 e. The van der Waals surface area contributed by atoms with Gasteiger partial charge in [-0.1, -0.05) is 42.5 Å². The largest absolute Gasteiger partial charge is 0.492 e. The lowest BCUT2D eigenvalue weighted by Gasteiger charge is -2.34. The van der Waals surface area contributed by atoms with Crippen molar-refractivity contribution < 1.29 is 4.74 Å². The van der Waals surface area contributed by atoms with Gasteiger partial charge >= 0.3 is 0 Å². The maximum atomic E-state index is 5.97. The lowest BCUT2D eigenvalue weighted by molar-refractivity contribution is 0.419. The molecule has 4 heterocycles. The topological polar surface area (TPSA) is 53.5 Å². The zero-order valence-electron chi connectivity index (χ0n) is 21.3. The summed E-state index contributed by atoms with van der Waals surface area (Å²) in [5.41, 5.74) is 9.32. The van der Waals surface area contributed by atoms with Gasteiger partial charge in [-0.2, -0.15) is 0 Å². The number of hydrogen-bond acceptors (Lipinski definition) is 6. The molecular weight excluding hydrogens is 470 g/mol. The van der Waals surface area contributed by atoms with Crippen LogP contribution < -0.4 is 19.9 Å². The van der Waals surface area contributed by atoms with E-state index in [4.69, 9.17) is 14.7 Å². The molecule has 0 radical (unpaired) electrons. The zero-order valence-corrected chi connectivity index (χ0v) is 21.3. The van der Waals surface area contributed by atoms with E-state index in [-0.39, 0.29) is 0 Å². The Bertz CT molecular complexity index is 1760. The van der Waals surface area contributed by atoms with E-state index in [2.05, 4.69) is 95.0 Å². The van der Waals surface area contributed by atoms with Crippen molar-refractivity contribution in [2.75, 3.05) is 42.4 Å². The molecule has 2 aromatic heterocycles.